The Kier molecular flexibility index (Phi) is 3.40. The molecule has 1 aliphatic rings. The Bertz CT molecular complexity index is 609. The van der Waals surface area contributed by atoms with Gasteiger partial charge < -0.3 is 10.2 Å². The summed E-state index contributed by atoms with van der Waals surface area (Å²) in [6.07, 6.45) is 0. The van der Waals surface area contributed by atoms with Gasteiger partial charge in [-0.3, -0.25) is 5.10 Å². The summed E-state index contributed by atoms with van der Waals surface area (Å²) in [6, 6.07) is 5.38. The Morgan fingerprint density at radius 1 is 1.40 bits per heavy atom. The van der Waals surface area contributed by atoms with Crippen LogP contribution in [0.2, 0.25) is 0 Å². The van der Waals surface area contributed by atoms with Gasteiger partial charge in [-0.15, -0.1) is 5.10 Å². The van der Waals surface area contributed by atoms with Crippen molar-refractivity contribution in [2.45, 2.75) is 19.9 Å². The van der Waals surface area contributed by atoms with Gasteiger partial charge in [-0.25, -0.2) is 4.39 Å². The number of aryl methyl sites for hydroxylation is 1. The van der Waals surface area contributed by atoms with E-state index in [1.165, 1.54) is 6.07 Å². The molecule has 0 aliphatic carbocycles. The van der Waals surface area contributed by atoms with E-state index in [0.29, 0.717) is 23.4 Å². The van der Waals surface area contributed by atoms with Gasteiger partial charge in [-0.1, -0.05) is 0 Å². The van der Waals surface area contributed by atoms with Crippen LogP contribution in [0.3, 0.4) is 0 Å². The summed E-state index contributed by atoms with van der Waals surface area (Å²) in [5.41, 5.74) is 1.46. The summed E-state index contributed by atoms with van der Waals surface area (Å²) in [5.74, 6) is 1.18. The number of piperazine rings is 1. The average Bonchev–Trinajstić information content (AvgIpc) is 2.92. The molecule has 0 amide bonds. The van der Waals surface area contributed by atoms with Crippen molar-refractivity contribution in [2.24, 2.45) is 0 Å². The van der Waals surface area contributed by atoms with Crippen molar-refractivity contribution in [2.75, 3.05) is 24.5 Å². The molecule has 1 saturated heterocycles. The van der Waals surface area contributed by atoms with Gasteiger partial charge in [0.1, 0.15) is 5.82 Å². The summed E-state index contributed by atoms with van der Waals surface area (Å²) >= 11 is 0. The molecule has 0 radical (unpaired) electrons. The maximum Gasteiger partial charge on any atom is 0.245 e. The smallest absolute Gasteiger partial charge is 0.245 e. The summed E-state index contributed by atoms with van der Waals surface area (Å²) in [6.45, 7) is 6.60. The number of hydrogen-bond acceptors (Lipinski definition) is 4. The maximum absolute atomic E-state index is 13.3. The Hall–Kier alpha value is -1.95. The number of benzene rings is 1. The van der Waals surface area contributed by atoms with Gasteiger partial charge in [0.15, 0.2) is 5.82 Å². The van der Waals surface area contributed by atoms with E-state index in [4.69, 9.17) is 0 Å². The van der Waals surface area contributed by atoms with Crippen LogP contribution in [0.1, 0.15) is 12.5 Å². The number of H-pyrrole nitrogens is 1. The fourth-order valence-electron chi connectivity index (χ4n) is 2.43. The van der Waals surface area contributed by atoms with E-state index in [0.717, 1.165) is 25.2 Å². The van der Waals surface area contributed by atoms with Crippen LogP contribution in [-0.4, -0.2) is 40.9 Å². The van der Waals surface area contributed by atoms with Crippen molar-refractivity contribution >= 4 is 5.95 Å². The van der Waals surface area contributed by atoms with Crippen LogP contribution in [0.25, 0.3) is 11.4 Å². The number of rotatable bonds is 2. The molecule has 106 valence electrons. The van der Waals surface area contributed by atoms with Gasteiger partial charge in [0.25, 0.3) is 0 Å². The highest BCUT2D eigenvalue weighted by Crippen LogP contribution is 2.20. The van der Waals surface area contributed by atoms with Crippen LogP contribution in [-0.2, 0) is 0 Å². The lowest BCUT2D eigenvalue weighted by molar-refractivity contribution is 0.480. The van der Waals surface area contributed by atoms with Crippen molar-refractivity contribution in [1.82, 2.24) is 20.5 Å². The van der Waals surface area contributed by atoms with E-state index in [2.05, 4.69) is 32.3 Å². The van der Waals surface area contributed by atoms with Crippen molar-refractivity contribution in [3.8, 4) is 11.4 Å². The molecule has 1 atom stereocenters. The van der Waals surface area contributed by atoms with Gasteiger partial charge >= 0.3 is 0 Å². The van der Waals surface area contributed by atoms with E-state index >= 15 is 0 Å². The second kappa shape index (κ2) is 5.20. The van der Waals surface area contributed by atoms with Crippen molar-refractivity contribution in [3.05, 3.63) is 29.6 Å². The standard InChI is InChI=1S/C14H18FN5/c1-9-7-11(3-4-12(9)15)13-17-14(19-18-13)20-6-5-16-10(2)8-20/h3-4,7,10,16H,5-6,8H2,1-2H3,(H,17,18,19)/t10-/m0/s1. The first-order valence-corrected chi connectivity index (χ1v) is 6.81. The highest BCUT2D eigenvalue weighted by molar-refractivity contribution is 5.57. The second-order valence-corrected chi connectivity index (χ2v) is 5.25. The fraction of sp³-hybridized carbons (Fsp3) is 0.429. The molecule has 1 fully saturated rings. The summed E-state index contributed by atoms with van der Waals surface area (Å²) in [7, 11) is 0. The first kappa shape index (κ1) is 13.1. The Morgan fingerprint density at radius 3 is 3.00 bits per heavy atom. The van der Waals surface area contributed by atoms with Crippen molar-refractivity contribution < 1.29 is 4.39 Å². The molecule has 5 nitrogen and oxygen atoms in total. The summed E-state index contributed by atoms with van der Waals surface area (Å²) in [4.78, 5) is 6.67. The Labute approximate surface area is 117 Å². The molecule has 0 bridgehead atoms. The van der Waals surface area contributed by atoms with Gasteiger partial charge in [0, 0.05) is 31.2 Å². The average molecular weight is 275 g/mol. The topological polar surface area (TPSA) is 56.8 Å². The molecule has 1 aromatic carbocycles. The number of nitrogens with zero attached hydrogens (tertiary/aromatic N) is 3. The van der Waals surface area contributed by atoms with E-state index in [-0.39, 0.29) is 5.82 Å². The number of aromatic amines is 1. The molecule has 0 unspecified atom stereocenters. The number of halogens is 1. The number of anilines is 1. The zero-order valence-corrected chi connectivity index (χ0v) is 11.7. The van der Waals surface area contributed by atoms with Crippen LogP contribution in [0.15, 0.2) is 18.2 Å². The second-order valence-electron chi connectivity index (χ2n) is 5.25. The molecule has 2 heterocycles. The zero-order valence-electron chi connectivity index (χ0n) is 11.7. The van der Waals surface area contributed by atoms with Gasteiger partial charge in [0.05, 0.1) is 0 Å². The summed E-state index contributed by atoms with van der Waals surface area (Å²) < 4.78 is 13.3. The molecule has 0 spiro atoms. The van der Waals surface area contributed by atoms with Gasteiger partial charge in [-0.05, 0) is 37.6 Å². The Morgan fingerprint density at radius 2 is 2.25 bits per heavy atom. The van der Waals surface area contributed by atoms with E-state index < -0.39 is 0 Å². The Balaban J connectivity index is 1.84. The number of aromatic nitrogens is 3. The minimum Gasteiger partial charge on any atom is -0.337 e. The van der Waals surface area contributed by atoms with Gasteiger partial charge in [0.2, 0.25) is 5.95 Å². The third kappa shape index (κ3) is 2.51. The molecule has 1 aromatic heterocycles. The van der Waals surface area contributed by atoms with E-state index in [1.807, 2.05) is 0 Å². The van der Waals surface area contributed by atoms with E-state index in [1.54, 1.807) is 19.1 Å². The maximum atomic E-state index is 13.3. The molecular formula is C14H18FN5. The lowest BCUT2D eigenvalue weighted by Crippen LogP contribution is -2.49. The molecule has 2 aromatic rings. The van der Waals surface area contributed by atoms with Crippen molar-refractivity contribution in [3.63, 3.8) is 0 Å². The van der Waals surface area contributed by atoms with Crippen LogP contribution in [0, 0.1) is 12.7 Å². The minimum atomic E-state index is -0.204. The highest BCUT2D eigenvalue weighted by atomic mass is 19.1. The monoisotopic (exact) mass is 275 g/mol. The quantitative estimate of drug-likeness (QED) is 0.876. The molecule has 1 aliphatic heterocycles. The number of hydrogen-bond donors (Lipinski definition) is 2. The molecule has 6 heteroatoms. The van der Waals surface area contributed by atoms with Crippen LogP contribution < -0.4 is 10.2 Å². The SMILES string of the molecule is Cc1cc(-c2nc(N3CCN[C@@H](C)C3)n[nH]2)ccc1F. The minimum absolute atomic E-state index is 0.204. The zero-order chi connectivity index (χ0) is 14.1. The van der Waals surface area contributed by atoms with Crippen LogP contribution >= 0.6 is 0 Å². The molecule has 0 saturated carbocycles. The van der Waals surface area contributed by atoms with Crippen molar-refractivity contribution in [1.29, 1.82) is 0 Å². The fourth-order valence-corrected chi connectivity index (χ4v) is 2.43. The molecule has 20 heavy (non-hydrogen) atoms. The van der Waals surface area contributed by atoms with Gasteiger partial charge in [-0.2, -0.15) is 4.98 Å². The lowest BCUT2D eigenvalue weighted by atomic mass is 10.1. The predicted octanol–water partition coefficient (Wildman–Crippen LogP) is 1.72. The normalized spacial score (nSPS) is 19.4. The summed E-state index contributed by atoms with van der Waals surface area (Å²) in [5, 5.41) is 10.6. The highest BCUT2D eigenvalue weighted by Gasteiger charge is 2.19. The lowest BCUT2D eigenvalue weighted by Gasteiger charge is -2.30. The third-order valence-corrected chi connectivity index (χ3v) is 3.56. The molecular weight excluding hydrogens is 257 g/mol. The first-order valence-electron chi connectivity index (χ1n) is 6.81. The largest absolute Gasteiger partial charge is 0.337 e. The third-order valence-electron chi connectivity index (χ3n) is 3.56. The molecule has 3 rings (SSSR count). The molecule has 2 N–H and O–H groups in total. The van der Waals surface area contributed by atoms with E-state index in [9.17, 15) is 4.39 Å². The predicted molar refractivity (Wildman–Crippen MR) is 76.2 cm³/mol. The van der Waals surface area contributed by atoms with Crippen LogP contribution in [0.4, 0.5) is 10.3 Å². The first-order chi connectivity index (χ1) is 9.63. The number of nitrogens with one attached hydrogen (secondary N) is 2. The van der Waals surface area contributed by atoms with Crippen LogP contribution in [0.5, 0.6) is 0 Å².